The lowest BCUT2D eigenvalue weighted by Gasteiger charge is -2.41. The lowest BCUT2D eigenvalue weighted by molar-refractivity contribution is 0.405. The van der Waals surface area contributed by atoms with E-state index in [1.54, 1.807) is 0 Å². The lowest BCUT2D eigenvalue weighted by atomic mass is 9.56. The first-order valence-corrected chi connectivity index (χ1v) is 20.7. The molecule has 59 heavy (non-hydrogen) atoms. The van der Waals surface area contributed by atoms with Crippen LogP contribution in [-0.2, 0) is 5.41 Å². The van der Waals surface area contributed by atoms with Gasteiger partial charge in [0.15, 0.2) is 0 Å². The molecule has 0 bridgehead atoms. The monoisotopic (exact) mass is 781 g/mol. The van der Waals surface area contributed by atoms with Crippen molar-refractivity contribution in [1.29, 1.82) is 0 Å². The van der Waals surface area contributed by atoms with Gasteiger partial charge in [0.2, 0.25) is 0 Å². The first-order valence-electron chi connectivity index (χ1n) is 22.7. The van der Waals surface area contributed by atoms with Gasteiger partial charge < -0.3 is 19.3 Å². The van der Waals surface area contributed by atoms with Crippen LogP contribution in [0.3, 0.4) is 0 Å². The van der Waals surface area contributed by atoms with Crippen molar-refractivity contribution in [1.82, 2.24) is 14.4 Å². The van der Waals surface area contributed by atoms with Crippen molar-refractivity contribution in [3.63, 3.8) is 0 Å². The summed E-state index contributed by atoms with van der Waals surface area (Å²) in [5, 5.41) is 2.27. The van der Waals surface area contributed by atoms with Gasteiger partial charge in [-0.3, -0.25) is 4.57 Å². The number of aromatic nitrogens is 2. The van der Waals surface area contributed by atoms with Crippen LogP contribution in [0.4, 0.5) is 17.1 Å². The van der Waals surface area contributed by atoms with Crippen molar-refractivity contribution in [3.8, 4) is 17.3 Å². The van der Waals surface area contributed by atoms with Gasteiger partial charge in [0.1, 0.15) is 29.8 Å². The summed E-state index contributed by atoms with van der Waals surface area (Å²) >= 11 is 0. The zero-order valence-electron chi connectivity index (χ0n) is 39.7. The van der Waals surface area contributed by atoms with Crippen LogP contribution in [-0.4, -0.2) is 27.9 Å². The summed E-state index contributed by atoms with van der Waals surface area (Å²) in [5.74, 6) is 6.99. The minimum Gasteiger partial charge on any atom is -0.457 e. The second-order valence-corrected chi connectivity index (χ2v) is 19.0. The van der Waals surface area contributed by atoms with Crippen LogP contribution in [0, 0.1) is 10.8 Å². The fourth-order valence-corrected chi connectivity index (χ4v) is 8.37. The van der Waals surface area contributed by atoms with Gasteiger partial charge in [0.25, 0.3) is 0 Å². The summed E-state index contributed by atoms with van der Waals surface area (Å²) in [5.41, 5.74) is 5.78. The van der Waals surface area contributed by atoms with Crippen LogP contribution >= 0.6 is 0 Å². The lowest BCUT2D eigenvalue weighted by Crippen LogP contribution is -2.45. The highest BCUT2D eigenvalue weighted by Gasteiger charge is 2.38. The van der Waals surface area contributed by atoms with E-state index in [0.717, 1.165) is 44.7 Å². The molecule has 0 unspecified atom stereocenters. The van der Waals surface area contributed by atoms with E-state index in [2.05, 4.69) is 113 Å². The fourth-order valence-electron chi connectivity index (χ4n) is 8.37. The Hall–Kier alpha value is -5.95. The highest BCUT2D eigenvalue weighted by atomic mass is 16.5. The summed E-state index contributed by atoms with van der Waals surface area (Å²) in [6, 6.07) is 35.3. The number of hydrogen-bond acceptors (Lipinski definition) is 5. The van der Waals surface area contributed by atoms with Gasteiger partial charge in [-0.2, -0.15) is 0 Å². The van der Waals surface area contributed by atoms with Gasteiger partial charge in [-0.1, -0.05) is 123 Å². The molecular formula is C52H56BN5O. The molecule has 0 aliphatic carbocycles. The van der Waals surface area contributed by atoms with E-state index >= 15 is 0 Å². The number of fused-ring (bicyclic) bond motifs is 5. The maximum absolute atomic E-state index is 9.61. The smallest absolute Gasteiger partial charge is 0.314 e. The largest absolute Gasteiger partial charge is 0.457 e. The average molecular weight is 782 g/mol. The summed E-state index contributed by atoms with van der Waals surface area (Å²) in [7, 11) is 0. The Morgan fingerprint density at radius 1 is 0.678 bits per heavy atom. The molecule has 0 N–H and O–H groups in total. The third-order valence-corrected chi connectivity index (χ3v) is 10.9. The molecule has 5 heterocycles. The van der Waals surface area contributed by atoms with E-state index in [4.69, 9.17) is 9.72 Å². The van der Waals surface area contributed by atoms with Crippen molar-refractivity contribution >= 4 is 45.7 Å². The van der Waals surface area contributed by atoms with Crippen molar-refractivity contribution in [2.24, 2.45) is 10.8 Å². The van der Waals surface area contributed by atoms with E-state index in [0.29, 0.717) is 35.1 Å². The van der Waals surface area contributed by atoms with Crippen LogP contribution in [0.15, 0.2) is 157 Å². The van der Waals surface area contributed by atoms with Crippen LogP contribution in [0.5, 0.6) is 11.5 Å². The van der Waals surface area contributed by atoms with E-state index in [9.17, 15) is 5.48 Å². The Bertz CT molecular complexity index is 2910. The Morgan fingerprint density at radius 3 is 2.14 bits per heavy atom. The number of nitrogens with zero attached hydrogens (tertiary/aromatic N) is 5. The summed E-state index contributed by atoms with van der Waals surface area (Å²) in [6.45, 7) is 18.4. The Kier molecular flexibility index (Phi) is 8.29. The molecule has 3 aliphatic heterocycles. The van der Waals surface area contributed by atoms with Crippen LogP contribution in [0.2, 0.25) is 0 Å². The van der Waals surface area contributed by atoms with Gasteiger partial charge in [0, 0.05) is 40.3 Å². The molecule has 6 nitrogen and oxygen atoms in total. The Morgan fingerprint density at radius 2 is 1.37 bits per heavy atom. The Balaban J connectivity index is 1.11. The molecule has 3 aliphatic rings. The first kappa shape index (κ1) is 34.0. The SMILES string of the molecule is [2H]C([2H])(C1=CN2B(C=C1)C=CC(C([2H])([2H])C(C)(C)C)=C2N1CN(c2cccc(Oc3ccc4c5ccccc5n(-c5cc(C(C)(C)C)ccn5)c4c3)c2)c2ccccc21)C(C)(C)C. The van der Waals surface area contributed by atoms with Crippen molar-refractivity contribution in [2.75, 3.05) is 16.5 Å². The zero-order valence-corrected chi connectivity index (χ0v) is 35.7. The molecule has 4 aromatic carbocycles. The summed E-state index contributed by atoms with van der Waals surface area (Å²) in [4.78, 5) is 11.4. The summed E-state index contributed by atoms with van der Waals surface area (Å²) < 4.78 is 46.6. The third kappa shape index (κ3) is 7.59. The van der Waals surface area contributed by atoms with Gasteiger partial charge in [0.05, 0.1) is 22.4 Å². The molecule has 0 atom stereocenters. The first-order chi connectivity index (χ1) is 29.6. The van der Waals surface area contributed by atoms with Gasteiger partial charge >= 0.3 is 6.85 Å². The maximum Gasteiger partial charge on any atom is 0.314 e. The van der Waals surface area contributed by atoms with E-state index in [-0.39, 0.29) is 12.3 Å². The normalized spacial score (nSPS) is 17.2. The predicted octanol–water partition coefficient (Wildman–Crippen LogP) is 13.7. The molecule has 0 saturated carbocycles. The molecule has 0 saturated heterocycles. The van der Waals surface area contributed by atoms with Crippen molar-refractivity contribution < 1.29 is 10.2 Å². The highest BCUT2D eigenvalue weighted by Crippen LogP contribution is 2.47. The number of para-hydroxylation sites is 3. The molecule has 6 aromatic rings. The molecule has 0 fully saturated rings. The highest BCUT2D eigenvalue weighted by molar-refractivity contribution is 6.68. The minimum atomic E-state index is -1.74. The number of anilines is 3. The van der Waals surface area contributed by atoms with Gasteiger partial charge in [-0.25, -0.2) is 4.98 Å². The van der Waals surface area contributed by atoms with Gasteiger partial charge in [-0.05, 0) is 106 Å². The Labute approximate surface area is 356 Å². The van der Waals surface area contributed by atoms with Crippen LogP contribution in [0.25, 0.3) is 27.6 Å². The van der Waals surface area contributed by atoms with E-state index < -0.39 is 23.6 Å². The average Bonchev–Trinajstić information content (AvgIpc) is 3.78. The molecule has 7 heteroatoms. The maximum atomic E-state index is 9.61. The van der Waals surface area contributed by atoms with Crippen LogP contribution < -0.4 is 14.5 Å². The number of hydrogen-bond donors (Lipinski definition) is 0. The standard InChI is InChI=1S/C52H56BN5O/c1-50(2,3)32-36-23-26-53-27-24-37(33-51(4,5)6)49(57(53)34-36)56-35-55(45-19-12-13-20-46(45)56)39-15-14-16-40(30-39)59-41-21-22-43-42-17-10-11-18-44(42)58(47(43)31-41)48-29-38(25-28-54-48)52(7,8)9/h10-31,34H,32-33,35H2,1-9H3/i32D2,33D2. The molecule has 2 aromatic heterocycles. The number of benzene rings is 4. The number of ether oxygens (including phenoxy) is 1. The number of rotatable bonds is 7. The second kappa shape index (κ2) is 14.4. The molecule has 0 radical (unpaired) electrons. The molecule has 0 spiro atoms. The predicted molar refractivity (Wildman–Crippen MR) is 249 cm³/mol. The topological polar surface area (TPSA) is 36.8 Å². The van der Waals surface area contributed by atoms with Crippen molar-refractivity contribution in [3.05, 3.63) is 162 Å². The quantitative estimate of drug-likeness (QED) is 0.151. The van der Waals surface area contributed by atoms with E-state index in [1.807, 2.05) is 108 Å². The van der Waals surface area contributed by atoms with E-state index in [1.165, 1.54) is 5.56 Å². The number of pyridine rings is 1. The zero-order chi connectivity index (χ0) is 44.9. The molecule has 298 valence electrons. The second-order valence-electron chi connectivity index (χ2n) is 19.0. The third-order valence-electron chi connectivity index (χ3n) is 10.9. The van der Waals surface area contributed by atoms with Crippen molar-refractivity contribution in [2.45, 2.75) is 80.5 Å². The minimum absolute atomic E-state index is 0.0347. The number of allylic oxidation sites excluding steroid dienone is 4. The summed E-state index contributed by atoms with van der Waals surface area (Å²) in [6.07, 6.45) is 4.25. The molecular weight excluding hydrogens is 721 g/mol. The molecule has 9 rings (SSSR count). The van der Waals surface area contributed by atoms with Gasteiger partial charge in [-0.15, -0.1) is 0 Å². The molecule has 0 amide bonds. The fraction of sp³-hybridized carbons (Fsp3) is 0.288. The van der Waals surface area contributed by atoms with Crippen LogP contribution in [0.1, 0.15) is 86.1 Å².